The number of carbonyl (C=O) groups excluding carboxylic acids is 2. The third kappa shape index (κ3) is 4.16. The van der Waals surface area contributed by atoms with E-state index in [1.54, 1.807) is 0 Å². The van der Waals surface area contributed by atoms with Gasteiger partial charge in [-0.25, -0.2) is 9.59 Å². The molecule has 0 bridgehead atoms. The molecule has 0 aromatic heterocycles. The number of benzene rings is 1. The monoisotopic (exact) mass is 393 g/mol. The second-order valence-corrected chi connectivity index (χ2v) is 6.04. The molecule has 2 rings (SSSR count). The van der Waals surface area contributed by atoms with Crippen molar-refractivity contribution >= 4 is 17.7 Å². The topological polar surface area (TPSA) is 129 Å². The number of nitrogens with one attached hydrogen (secondary N) is 2. The van der Waals surface area contributed by atoms with Crippen molar-refractivity contribution in [2.45, 2.75) is 32.2 Å². The molecule has 0 aliphatic carbocycles. The Morgan fingerprint density at radius 2 is 1.86 bits per heavy atom. The Morgan fingerprint density at radius 3 is 2.39 bits per heavy atom. The van der Waals surface area contributed by atoms with Gasteiger partial charge in [0.2, 0.25) is 0 Å². The van der Waals surface area contributed by atoms with Crippen molar-refractivity contribution in [3.63, 3.8) is 0 Å². The third-order valence-electron chi connectivity index (χ3n) is 4.38. The first-order valence-electron chi connectivity index (χ1n) is 8.67. The van der Waals surface area contributed by atoms with Gasteiger partial charge in [-0.05, 0) is 18.9 Å². The predicted octanol–water partition coefficient (Wildman–Crippen LogP) is 2.58. The average molecular weight is 393 g/mol. The van der Waals surface area contributed by atoms with Crippen molar-refractivity contribution in [2.75, 3.05) is 21.3 Å². The third-order valence-corrected chi connectivity index (χ3v) is 4.38. The van der Waals surface area contributed by atoms with E-state index >= 15 is 0 Å². The Bertz CT molecular complexity index is 820. The van der Waals surface area contributed by atoms with Gasteiger partial charge in [-0.2, -0.15) is 0 Å². The van der Waals surface area contributed by atoms with E-state index in [9.17, 15) is 19.7 Å². The van der Waals surface area contributed by atoms with Gasteiger partial charge in [-0.15, -0.1) is 0 Å². The lowest BCUT2D eigenvalue weighted by Gasteiger charge is -2.29. The number of hydrogen-bond donors (Lipinski definition) is 2. The fourth-order valence-electron chi connectivity index (χ4n) is 3.03. The first-order chi connectivity index (χ1) is 13.4. The van der Waals surface area contributed by atoms with Crippen molar-refractivity contribution in [2.24, 2.45) is 0 Å². The summed E-state index contributed by atoms with van der Waals surface area (Å²) in [7, 11) is 3.96. The summed E-state index contributed by atoms with van der Waals surface area (Å²) >= 11 is 0. The Balaban J connectivity index is 2.72. The highest BCUT2D eigenvalue weighted by molar-refractivity contribution is 5.95. The van der Waals surface area contributed by atoms with Crippen LogP contribution in [0, 0.1) is 10.1 Å². The number of ether oxygens (including phenoxy) is 3. The minimum absolute atomic E-state index is 0.0897. The number of urea groups is 1. The zero-order chi connectivity index (χ0) is 20.8. The van der Waals surface area contributed by atoms with Crippen LogP contribution >= 0.6 is 0 Å². The van der Waals surface area contributed by atoms with Crippen LogP contribution in [0.3, 0.4) is 0 Å². The summed E-state index contributed by atoms with van der Waals surface area (Å²) in [5, 5.41) is 16.9. The molecular formula is C18H23N3O7. The van der Waals surface area contributed by atoms with Crippen LogP contribution in [-0.4, -0.2) is 38.3 Å². The zero-order valence-corrected chi connectivity index (χ0v) is 16.2. The van der Waals surface area contributed by atoms with Crippen LogP contribution in [0.4, 0.5) is 10.5 Å². The number of nitrogens with zero attached hydrogens (tertiary/aromatic N) is 1. The van der Waals surface area contributed by atoms with E-state index in [-0.39, 0.29) is 28.3 Å². The maximum absolute atomic E-state index is 12.5. The number of unbranched alkanes of at least 4 members (excludes halogenated alkanes) is 1. The van der Waals surface area contributed by atoms with E-state index in [1.165, 1.54) is 33.5 Å². The Hall–Kier alpha value is -3.30. The van der Waals surface area contributed by atoms with Crippen molar-refractivity contribution in [1.82, 2.24) is 10.6 Å². The zero-order valence-electron chi connectivity index (χ0n) is 16.2. The molecular weight excluding hydrogens is 370 g/mol. The lowest BCUT2D eigenvalue weighted by atomic mass is 9.92. The fraction of sp³-hybridized carbons (Fsp3) is 0.444. The molecule has 0 radical (unpaired) electrons. The smallest absolute Gasteiger partial charge is 0.337 e. The Labute approximate surface area is 162 Å². The molecule has 0 spiro atoms. The number of esters is 1. The Kier molecular flexibility index (Phi) is 6.80. The highest BCUT2D eigenvalue weighted by Gasteiger charge is 2.37. The van der Waals surface area contributed by atoms with Crippen LogP contribution < -0.4 is 20.1 Å². The van der Waals surface area contributed by atoms with E-state index in [0.717, 1.165) is 12.8 Å². The lowest BCUT2D eigenvalue weighted by Crippen LogP contribution is -2.46. The van der Waals surface area contributed by atoms with Crippen LogP contribution in [0.25, 0.3) is 0 Å². The molecule has 1 aromatic rings. The van der Waals surface area contributed by atoms with E-state index in [2.05, 4.69) is 10.6 Å². The average Bonchev–Trinajstić information content (AvgIpc) is 2.69. The molecule has 1 heterocycles. The molecule has 10 heteroatoms. The molecule has 1 aliphatic rings. The fourth-order valence-corrected chi connectivity index (χ4v) is 3.03. The summed E-state index contributed by atoms with van der Waals surface area (Å²) < 4.78 is 15.2. The number of hydrogen-bond acceptors (Lipinski definition) is 7. The van der Waals surface area contributed by atoms with Gasteiger partial charge in [-0.3, -0.25) is 10.1 Å². The van der Waals surface area contributed by atoms with Crippen molar-refractivity contribution < 1.29 is 28.7 Å². The Morgan fingerprint density at radius 1 is 1.21 bits per heavy atom. The minimum Gasteiger partial charge on any atom is -0.493 e. The maximum Gasteiger partial charge on any atom is 0.337 e. The minimum atomic E-state index is -1.08. The van der Waals surface area contributed by atoms with Gasteiger partial charge in [0.25, 0.3) is 5.69 Å². The molecule has 1 aliphatic heterocycles. The van der Waals surface area contributed by atoms with E-state index in [4.69, 9.17) is 14.2 Å². The van der Waals surface area contributed by atoms with E-state index in [1.807, 2.05) is 6.92 Å². The summed E-state index contributed by atoms with van der Waals surface area (Å²) in [5.74, 6) is -0.295. The normalized spacial score (nSPS) is 16.1. The van der Waals surface area contributed by atoms with E-state index < -0.39 is 23.0 Å². The van der Waals surface area contributed by atoms with Gasteiger partial charge in [0.15, 0.2) is 11.5 Å². The number of nitro benzene ring substituents is 1. The molecule has 152 valence electrons. The molecule has 2 N–H and O–H groups in total. The van der Waals surface area contributed by atoms with Crippen molar-refractivity contribution in [3.05, 3.63) is 39.1 Å². The van der Waals surface area contributed by atoms with Gasteiger partial charge in [0.1, 0.15) is 0 Å². The standard InChI is InChI=1S/C18H23N3O7/c1-5-6-7-11-15(17(22)28-4)16(20-18(23)19-11)10-8-13(26-2)14(27-3)9-12(10)21(24)25/h8-9,16H,5-7H2,1-4H3,(H2,19,20,23). The molecule has 28 heavy (non-hydrogen) atoms. The second kappa shape index (κ2) is 9.07. The maximum atomic E-state index is 12.5. The number of rotatable bonds is 8. The molecule has 0 fully saturated rings. The summed E-state index contributed by atoms with van der Waals surface area (Å²) in [6.45, 7) is 1.97. The van der Waals surface area contributed by atoms with Crippen LogP contribution in [0.5, 0.6) is 11.5 Å². The van der Waals surface area contributed by atoms with Crippen LogP contribution in [0.2, 0.25) is 0 Å². The molecule has 1 atom stereocenters. The van der Waals surface area contributed by atoms with Gasteiger partial charge in [0, 0.05) is 5.70 Å². The first kappa shape index (κ1) is 21.0. The van der Waals surface area contributed by atoms with Crippen LogP contribution in [-0.2, 0) is 9.53 Å². The lowest BCUT2D eigenvalue weighted by molar-refractivity contribution is -0.385. The molecule has 10 nitrogen and oxygen atoms in total. The largest absolute Gasteiger partial charge is 0.493 e. The van der Waals surface area contributed by atoms with Gasteiger partial charge in [-0.1, -0.05) is 13.3 Å². The second-order valence-electron chi connectivity index (χ2n) is 6.04. The van der Waals surface area contributed by atoms with Crippen molar-refractivity contribution in [3.8, 4) is 11.5 Å². The molecule has 1 aromatic carbocycles. The number of nitro groups is 1. The molecule has 2 amide bonds. The number of amides is 2. The number of carbonyl (C=O) groups is 2. The number of methoxy groups -OCH3 is 3. The van der Waals surface area contributed by atoms with Crippen LogP contribution in [0.15, 0.2) is 23.4 Å². The van der Waals surface area contributed by atoms with Gasteiger partial charge >= 0.3 is 12.0 Å². The quantitative estimate of drug-likeness (QED) is 0.394. The SMILES string of the molecule is CCCCC1=C(C(=O)OC)C(c2cc(OC)c(OC)cc2[N+](=O)[O-])NC(=O)N1. The molecule has 0 saturated carbocycles. The van der Waals surface area contributed by atoms with Crippen LogP contribution in [0.1, 0.15) is 37.8 Å². The number of allylic oxidation sites excluding steroid dienone is 1. The van der Waals surface area contributed by atoms with Gasteiger partial charge in [0.05, 0.1) is 49.5 Å². The van der Waals surface area contributed by atoms with E-state index in [0.29, 0.717) is 12.1 Å². The van der Waals surface area contributed by atoms with Crippen molar-refractivity contribution in [1.29, 1.82) is 0 Å². The molecule has 0 saturated heterocycles. The summed E-state index contributed by atoms with van der Waals surface area (Å²) in [6, 6.07) is 0.942. The highest BCUT2D eigenvalue weighted by Crippen LogP contribution is 2.41. The highest BCUT2D eigenvalue weighted by atomic mass is 16.6. The van der Waals surface area contributed by atoms with Gasteiger partial charge < -0.3 is 24.8 Å². The first-order valence-corrected chi connectivity index (χ1v) is 8.67. The summed E-state index contributed by atoms with van der Waals surface area (Å²) in [6.07, 6.45) is 1.98. The predicted molar refractivity (Wildman–Crippen MR) is 99.2 cm³/mol. The summed E-state index contributed by atoms with van der Waals surface area (Å²) in [5.41, 5.74) is 0.269. The summed E-state index contributed by atoms with van der Waals surface area (Å²) in [4.78, 5) is 35.8. The molecule has 1 unspecified atom stereocenters.